The summed E-state index contributed by atoms with van der Waals surface area (Å²) in [6.07, 6.45) is 4.80. The molecule has 3 rings (SSSR count). The van der Waals surface area contributed by atoms with Gasteiger partial charge in [0, 0.05) is 0 Å². The number of benzene rings is 2. The van der Waals surface area contributed by atoms with Gasteiger partial charge < -0.3 is 9.62 Å². The van der Waals surface area contributed by atoms with E-state index in [2.05, 4.69) is 31.2 Å². The van der Waals surface area contributed by atoms with Crippen LogP contribution >= 0.6 is 0 Å². The normalized spacial score (nSPS) is 20.6. The fourth-order valence-corrected chi connectivity index (χ4v) is 3.33. The SMILES string of the molecule is COc1ccc(C2CCC(COOc3ccc(C)cc3)CC2)cc1. The molecule has 0 spiro atoms. The maximum absolute atomic E-state index is 5.45. The quantitative estimate of drug-likeness (QED) is 0.533. The van der Waals surface area contributed by atoms with Gasteiger partial charge in [0.15, 0.2) is 5.75 Å². The highest BCUT2D eigenvalue weighted by Gasteiger charge is 2.23. The number of ether oxygens (including phenoxy) is 1. The molecule has 0 bridgehead atoms. The van der Waals surface area contributed by atoms with Crippen LogP contribution in [0.4, 0.5) is 0 Å². The molecule has 2 aromatic carbocycles. The van der Waals surface area contributed by atoms with Crippen LogP contribution in [0, 0.1) is 12.8 Å². The summed E-state index contributed by atoms with van der Waals surface area (Å²) >= 11 is 0. The van der Waals surface area contributed by atoms with Crippen molar-refractivity contribution in [1.29, 1.82) is 0 Å². The fraction of sp³-hybridized carbons (Fsp3) is 0.429. The van der Waals surface area contributed by atoms with Gasteiger partial charge in [0.05, 0.1) is 13.7 Å². The van der Waals surface area contributed by atoms with Crippen LogP contribution in [-0.4, -0.2) is 13.7 Å². The van der Waals surface area contributed by atoms with Crippen molar-refractivity contribution in [1.82, 2.24) is 0 Å². The Balaban J connectivity index is 1.40. The van der Waals surface area contributed by atoms with Gasteiger partial charge in [-0.2, -0.15) is 4.89 Å². The van der Waals surface area contributed by atoms with Gasteiger partial charge >= 0.3 is 0 Å². The topological polar surface area (TPSA) is 27.7 Å². The zero-order valence-corrected chi connectivity index (χ0v) is 14.5. The van der Waals surface area contributed by atoms with Crippen LogP contribution in [-0.2, 0) is 4.89 Å². The summed E-state index contributed by atoms with van der Waals surface area (Å²) in [5, 5.41) is 0. The molecular formula is C21H26O3. The average Bonchev–Trinajstić information content (AvgIpc) is 2.64. The molecule has 0 amide bonds. The third-order valence-corrected chi connectivity index (χ3v) is 4.91. The van der Waals surface area contributed by atoms with Gasteiger partial charge in [0.1, 0.15) is 5.75 Å². The van der Waals surface area contributed by atoms with Crippen molar-refractivity contribution >= 4 is 0 Å². The van der Waals surface area contributed by atoms with Crippen molar-refractivity contribution < 1.29 is 14.5 Å². The molecule has 0 aliphatic heterocycles. The predicted octanol–water partition coefficient (Wildman–Crippen LogP) is 5.29. The first-order chi connectivity index (χ1) is 11.7. The highest BCUT2D eigenvalue weighted by atomic mass is 17.2. The Morgan fingerprint density at radius 2 is 1.46 bits per heavy atom. The van der Waals surface area contributed by atoms with Gasteiger partial charge in [-0.3, -0.25) is 0 Å². The third-order valence-electron chi connectivity index (χ3n) is 4.91. The summed E-state index contributed by atoms with van der Waals surface area (Å²) in [6.45, 7) is 2.73. The number of aryl methyl sites for hydroxylation is 1. The van der Waals surface area contributed by atoms with E-state index >= 15 is 0 Å². The van der Waals surface area contributed by atoms with Gasteiger partial charge in [0.2, 0.25) is 0 Å². The molecule has 0 unspecified atom stereocenters. The Morgan fingerprint density at radius 3 is 2.08 bits per heavy atom. The number of hydrogen-bond donors (Lipinski definition) is 0. The van der Waals surface area contributed by atoms with E-state index in [1.54, 1.807) is 7.11 Å². The number of methoxy groups -OCH3 is 1. The number of hydrogen-bond acceptors (Lipinski definition) is 3. The monoisotopic (exact) mass is 326 g/mol. The molecular weight excluding hydrogens is 300 g/mol. The lowest BCUT2D eigenvalue weighted by molar-refractivity contribution is -0.218. The largest absolute Gasteiger partial charge is 0.497 e. The molecule has 24 heavy (non-hydrogen) atoms. The van der Waals surface area contributed by atoms with Gasteiger partial charge in [-0.25, -0.2) is 0 Å². The maximum atomic E-state index is 5.45. The first-order valence-corrected chi connectivity index (χ1v) is 8.74. The second kappa shape index (κ2) is 8.20. The second-order valence-corrected chi connectivity index (χ2v) is 6.67. The third kappa shape index (κ3) is 4.51. The van der Waals surface area contributed by atoms with E-state index < -0.39 is 0 Å². The lowest BCUT2D eigenvalue weighted by Crippen LogP contribution is -2.18. The molecule has 3 nitrogen and oxygen atoms in total. The van der Waals surface area contributed by atoms with Crippen molar-refractivity contribution in [2.75, 3.05) is 13.7 Å². The Bertz CT molecular complexity index is 611. The smallest absolute Gasteiger partial charge is 0.165 e. The summed E-state index contributed by atoms with van der Waals surface area (Å²) in [5.74, 6) is 2.94. The maximum Gasteiger partial charge on any atom is 0.165 e. The van der Waals surface area contributed by atoms with Gasteiger partial charge in [-0.05, 0) is 74.3 Å². The average molecular weight is 326 g/mol. The molecule has 0 radical (unpaired) electrons. The van der Waals surface area contributed by atoms with Gasteiger partial charge in [-0.15, -0.1) is 0 Å². The molecule has 0 saturated heterocycles. The van der Waals surface area contributed by atoms with E-state index in [1.807, 2.05) is 24.3 Å². The minimum absolute atomic E-state index is 0.588. The van der Waals surface area contributed by atoms with Gasteiger partial charge in [0.25, 0.3) is 0 Å². The first-order valence-electron chi connectivity index (χ1n) is 8.74. The minimum atomic E-state index is 0.588. The summed E-state index contributed by atoms with van der Waals surface area (Å²) in [7, 11) is 1.71. The molecule has 3 heteroatoms. The standard InChI is InChI=1S/C21H26O3/c1-16-3-11-21(12-4-16)24-23-15-17-5-7-18(8-6-17)19-9-13-20(22-2)14-10-19/h3-4,9-14,17-18H,5-8,15H2,1-2H3. The molecule has 0 N–H and O–H groups in total. The summed E-state index contributed by atoms with van der Waals surface area (Å²) in [4.78, 5) is 10.8. The van der Waals surface area contributed by atoms with Crippen LogP contribution < -0.4 is 9.62 Å². The lowest BCUT2D eigenvalue weighted by Gasteiger charge is -2.28. The molecule has 128 valence electrons. The molecule has 1 saturated carbocycles. The van der Waals surface area contributed by atoms with E-state index in [1.165, 1.54) is 36.8 Å². The molecule has 0 aromatic heterocycles. The predicted molar refractivity (Wildman–Crippen MR) is 95.5 cm³/mol. The van der Waals surface area contributed by atoms with Crippen LogP contribution in [0.3, 0.4) is 0 Å². The first kappa shape index (κ1) is 16.8. The minimum Gasteiger partial charge on any atom is -0.497 e. The van der Waals surface area contributed by atoms with Crippen LogP contribution in [0.1, 0.15) is 42.7 Å². The second-order valence-electron chi connectivity index (χ2n) is 6.67. The molecule has 0 atom stereocenters. The summed E-state index contributed by atoms with van der Waals surface area (Å²) in [5.41, 5.74) is 2.64. The highest BCUT2D eigenvalue weighted by Crippen LogP contribution is 2.36. The molecule has 1 fully saturated rings. The molecule has 0 heterocycles. The van der Waals surface area contributed by atoms with Crippen LogP contribution in [0.25, 0.3) is 0 Å². The van der Waals surface area contributed by atoms with Crippen molar-refractivity contribution in [2.45, 2.75) is 38.5 Å². The lowest BCUT2D eigenvalue weighted by atomic mass is 9.79. The molecule has 1 aliphatic rings. The zero-order valence-electron chi connectivity index (χ0n) is 14.5. The van der Waals surface area contributed by atoms with Crippen molar-refractivity contribution in [2.24, 2.45) is 5.92 Å². The number of rotatable bonds is 6. The van der Waals surface area contributed by atoms with E-state index in [9.17, 15) is 0 Å². The Hall–Kier alpha value is -2.00. The van der Waals surface area contributed by atoms with Crippen molar-refractivity contribution in [3.63, 3.8) is 0 Å². The Labute approximate surface area is 144 Å². The van der Waals surface area contributed by atoms with E-state index in [0.29, 0.717) is 18.4 Å². The van der Waals surface area contributed by atoms with Gasteiger partial charge in [-0.1, -0.05) is 29.8 Å². The van der Waals surface area contributed by atoms with E-state index in [0.717, 1.165) is 11.5 Å². The van der Waals surface area contributed by atoms with Crippen molar-refractivity contribution in [3.8, 4) is 11.5 Å². The van der Waals surface area contributed by atoms with Crippen LogP contribution in [0.5, 0.6) is 11.5 Å². The van der Waals surface area contributed by atoms with Crippen LogP contribution in [0.2, 0.25) is 0 Å². The van der Waals surface area contributed by atoms with Crippen molar-refractivity contribution in [3.05, 3.63) is 59.7 Å². The Kier molecular flexibility index (Phi) is 5.76. The molecule has 2 aromatic rings. The van der Waals surface area contributed by atoms with E-state index in [-0.39, 0.29) is 0 Å². The van der Waals surface area contributed by atoms with Crippen LogP contribution in [0.15, 0.2) is 48.5 Å². The van der Waals surface area contributed by atoms with E-state index in [4.69, 9.17) is 14.5 Å². The zero-order chi connectivity index (χ0) is 16.8. The fourth-order valence-electron chi connectivity index (χ4n) is 3.33. The Morgan fingerprint density at radius 1 is 0.833 bits per heavy atom. The highest BCUT2D eigenvalue weighted by molar-refractivity contribution is 5.29. The molecule has 1 aliphatic carbocycles. The summed E-state index contributed by atoms with van der Waals surface area (Å²) < 4.78 is 5.23. The summed E-state index contributed by atoms with van der Waals surface area (Å²) in [6, 6.07) is 16.4.